The molecular formula is C15H19NS. The van der Waals surface area contributed by atoms with Crippen molar-refractivity contribution in [3.8, 4) is 0 Å². The minimum absolute atomic E-state index is 0.122. The lowest BCUT2D eigenvalue weighted by Gasteiger charge is -2.11. The van der Waals surface area contributed by atoms with E-state index in [0.29, 0.717) is 0 Å². The number of thiophene rings is 1. The summed E-state index contributed by atoms with van der Waals surface area (Å²) in [5.41, 5.74) is 10.2. The molecule has 1 aromatic heterocycles. The molecule has 1 heterocycles. The van der Waals surface area contributed by atoms with Crippen LogP contribution in [0.2, 0.25) is 0 Å². The maximum atomic E-state index is 6.29. The lowest BCUT2D eigenvalue weighted by Crippen LogP contribution is -2.12. The van der Waals surface area contributed by atoms with Crippen LogP contribution in [-0.4, -0.2) is 0 Å². The highest BCUT2D eigenvalue weighted by Crippen LogP contribution is 2.28. The topological polar surface area (TPSA) is 26.0 Å². The molecule has 1 nitrogen and oxygen atoms in total. The monoisotopic (exact) mass is 245 g/mol. The summed E-state index contributed by atoms with van der Waals surface area (Å²) >= 11 is 1.82. The fraction of sp³-hybridized carbons (Fsp3) is 0.333. The van der Waals surface area contributed by atoms with E-state index in [1.165, 1.54) is 26.4 Å². The van der Waals surface area contributed by atoms with Crippen LogP contribution in [0.5, 0.6) is 0 Å². The van der Waals surface area contributed by atoms with Gasteiger partial charge >= 0.3 is 0 Å². The summed E-state index contributed by atoms with van der Waals surface area (Å²) in [7, 11) is 0. The summed E-state index contributed by atoms with van der Waals surface area (Å²) in [6.45, 7) is 6.39. The Bertz CT molecular complexity index is 496. The molecular weight excluding hydrogens is 226 g/mol. The molecule has 0 fully saturated rings. The van der Waals surface area contributed by atoms with Gasteiger partial charge in [-0.3, -0.25) is 0 Å². The summed E-state index contributed by atoms with van der Waals surface area (Å²) in [5, 5.41) is 0. The Hall–Kier alpha value is -1.12. The van der Waals surface area contributed by atoms with Crippen molar-refractivity contribution in [3.63, 3.8) is 0 Å². The first-order chi connectivity index (χ1) is 8.06. The largest absolute Gasteiger partial charge is 0.323 e. The Balaban J connectivity index is 2.14. The predicted octanol–water partition coefficient (Wildman–Crippen LogP) is 3.92. The fourth-order valence-corrected chi connectivity index (χ4v) is 3.14. The molecule has 0 spiro atoms. The molecule has 0 bridgehead atoms. The van der Waals surface area contributed by atoms with E-state index in [4.69, 9.17) is 5.73 Å². The highest BCUT2D eigenvalue weighted by molar-refractivity contribution is 7.12. The standard InChI is InChI=1S/C15H19NS/c1-10-4-6-13(7-5-10)9-14(16)15-11(2)8-12(3)17-15/h4-8,14H,9,16H2,1-3H3. The second-order valence-electron chi connectivity index (χ2n) is 4.70. The molecule has 90 valence electrons. The minimum atomic E-state index is 0.122. The zero-order valence-electron chi connectivity index (χ0n) is 10.7. The van der Waals surface area contributed by atoms with Gasteiger partial charge in [0, 0.05) is 15.8 Å². The van der Waals surface area contributed by atoms with Crippen LogP contribution in [0.25, 0.3) is 0 Å². The normalized spacial score (nSPS) is 12.7. The number of nitrogens with two attached hydrogens (primary N) is 1. The highest BCUT2D eigenvalue weighted by atomic mass is 32.1. The van der Waals surface area contributed by atoms with Gasteiger partial charge in [-0.2, -0.15) is 0 Å². The first-order valence-electron chi connectivity index (χ1n) is 5.94. The van der Waals surface area contributed by atoms with E-state index >= 15 is 0 Å². The fourth-order valence-electron chi connectivity index (χ4n) is 2.10. The predicted molar refractivity (Wildman–Crippen MR) is 75.6 cm³/mol. The molecule has 2 aromatic rings. The number of hydrogen-bond donors (Lipinski definition) is 1. The molecule has 0 aliphatic heterocycles. The zero-order valence-corrected chi connectivity index (χ0v) is 11.5. The summed E-state index contributed by atoms with van der Waals surface area (Å²) in [5.74, 6) is 0. The Morgan fingerprint density at radius 1 is 1.12 bits per heavy atom. The molecule has 0 aliphatic carbocycles. The number of hydrogen-bond acceptors (Lipinski definition) is 2. The van der Waals surface area contributed by atoms with Crippen LogP contribution in [0, 0.1) is 20.8 Å². The number of aryl methyl sites for hydroxylation is 3. The van der Waals surface area contributed by atoms with E-state index in [9.17, 15) is 0 Å². The highest BCUT2D eigenvalue weighted by Gasteiger charge is 2.12. The van der Waals surface area contributed by atoms with Crippen LogP contribution < -0.4 is 5.73 Å². The third kappa shape index (κ3) is 2.96. The first kappa shape index (κ1) is 12.3. The number of benzene rings is 1. The van der Waals surface area contributed by atoms with Crippen molar-refractivity contribution >= 4 is 11.3 Å². The second-order valence-corrected chi connectivity index (χ2v) is 5.99. The molecule has 0 saturated heterocycles. The molecule has 0 radical (unpaired) electrons. The van der Waals surface area contributed by atoms with Gasteiger partial charge in [0.05, 0.1) is 0 Å². The quantitative estimate of drug-likeness (QED) is 0.871. The SMILES string of the molecule is Cc1ccc(CC(N)c2sc(C)cc2C)cc1. The van der Waals surface area contributed by atoms with Crippen molar-refractivity contribution in [3.05, 3.63) is 56.8 Å². The van der Waals surface area contributed by atoms with Crippen LogP contribution in [-0.2, 0) is 6.42 Å². The summed E-state index contributed by atoms with van der Waals surface area (Å²) < 4.78 is 0. The average Bonchev–Trinajstić information content (AvgIpc) is 2.61. The molecule has 1 atom stereocenters. The summed E-state index contributed by atoms with van der Waals surface area (Å²) in [6, 6.07) is 11.0. The van der Waals surface area contributed by atoms with E-state index in [2.05, 4.69) is 51.1 Å². The van der Waals surface area contributed by atoms with Crippen LogP contribution in [0.1, 0.15) is 32.5 Å². The van der Waals surface area contributed by atoms with Crippen molar-refractivity contribution in [2.24, 2.45) is 5.73 Å². The lowest BCUT2D eigenvalue weighted by molar-refractivity contribution is 0.732. The first-order valence-corrected chi connectivity index (χ1v) is 6.76. The molecule has 0 aliphatic rings. The van der Waals surface area contributed by atoms with Crippen molar-refractivity contribution < 1.29 is 0 Å². The van der Waals surface area contributed by atoms with Crippen LogP contribution in [0.15, 0.2) is 30.3 Å². The van der Waals surface area contributed by atoms with E-state index < -0.39 is 0 Å². The van der Waals surface area contributed by atoms with Gasteiger partial charge in [-0.15, -0.1) is 11.3 Å². The average molecular weight is 245 g/mol. The molecule has 2 heteroatoms. The van der Waals surface area contributed by atoms with Crippen molar-refractivity contribution in [2.75, 3.05) is 0 Å². The van der Waals surface area contributed by atoms with Crippen molar-refractivity contribution in [1.82, 2.24) is 0 Å². The van der Waals surface area contributed by atoms with Crippen LogP contribution in [0.3, 0.4) is 0 Å². The number of rotatable bonds is 3. The molecule has 2 rings (SSSR count). The van der Waals surface area contributed by atoms with Gasteiger partial charge in [0.15, 0.2) is 0 Å². The molecule has 1 aromatic carbocycles. The van der Waals surface area contributed by atoms with Gasteiger partial charge in [0.1, 0.15) is 0 Å². The van der Waals surface area contributed by atoms with Crippen LogP contribution >= 0.6 is 11.3 Å². The maximum Gasteiger partial charge on any atom is 0.0433 e. The summed E-state index contributed by atoms with van der Waals surface area (Å²) in [6.07, 6.45) is 0.918. The smallest absolute Gasteiger partial charge is 0.0433 e. The lowest BCUT2D eigenvalue weighted by atomic mass is 10.0. The van der Waals surface area contributed by atoms with Gasteiger partial charge in [-0.05, 0) is 44.4 Å². The molecule has 2 N–H and O–H groups in total. The third-order valence-corrected chi connectivity index (χ3v) is 4.28. The van der Waals surface area contributed by atoms with E-state index in [1.54, 1.807) is 0 Å². The minimum Gasteiger partial charge on any atom is -0.323 e. The van der Waals surface area contributed by atoms with E-state index in [0.717, 1.165) is 6.42 Å². The summed E-state index contributed by atoms with van der Waals surface area (Å²) in [4.78, 5) is 2.67. The third-order valence-electron chi connectivity index (χ3n) is 2.99. The van der Waals surface area contributed by atoms with E-state index in [1.807, 2.05) is 11.3 Å². The molecule has 0 amide bonds. The van der Waals surface area contributed by atoms with Crippen molar-refractivity contribution in [2.45, 2.75) is 33.2 Å². The van der Waals surface area contributed by atoms with Gasteiger partial charge in [-0.1, -0.05) is 29.8 Å². The molecule has 0 saturated carbocycles. The van der Waals surface area contributed by atoms with Gasteiger partial charge in [0.25, 0.3) is 0 Å². The Labute approximate surface area is 107 Å². The van der Waals surface area contributed by atoms with Gasteiger partial charge < -0.3 is 5.73 Å². The maximum absolute atomic E-state index is 6.29. The second kappa shape index (κ2) is 5.03. The molecule has 17 heavy (non-hydrogen) atoms. The molecule has 1 unspecified atom stereocenters. The Morgan fingerprint density at radius 2 is 1.76 bits per heavy atom. The van der Waals surface area contributed by atoms with Gasteiger partial charge in [-0.25, -0.2) is 0 Å². The van der Waals surface area contributed by atoms with Crippen LogP contribution in [0.4, 0.5) is 0 Å². The van der Waals surface area contributed by atoms with Gasteiger partial charge in [0.2, 0.25) is 0 Å². The Morgan fingerprint density at radius 3 is 2.29 bits per heavy atom. The van der Waals surface area contributed by atoms with E-state index in [-0.39, 0.29) is 6.04 Å². The van der Waals surface area contributed by atoms with Crippen molar-refractivity contribution in [1.29, 1.82) is 0 Å². The zero-order chi connectivity index (χ0) is 12.4. The Kier molecular flexibility index (Phi) is 3.65.